The average molecular weight is 330 g/mol. The molecule has 0 aliphatic heterocycles. The molecule has 2 aromatic heterocycles. The van der Waals surface area contributed by atoms with E-state index in [1.54, 1.807) is 24.5 Å². The number of thiophene rings is 1. The molecule has 0 aliphatic rings. The second-order valence-corrected chi connectivity index (χ2v) is 6.48. The van der Waals surface area contributed by atoms with Crippen LogP contribution in [-0.4, -0.2) is 12.1 Å². The van der Waals surface area contributed by atoms with Gasteiger partial charge in [-0.05, 0) is 47.7 Å². The first-order valence-electron chi connectivity index (χ1n) is 7.50. The van der Waals surface area contributed by atoms with Crippen molar-refractivity contribution in [2.75, 3.05) is 7.11 Å². The van der Waals surface area contributed by atoms with Crippen LogP contribution in [0.15, 0.2) is 41.9 Å². The molecular weight excluding hydrogens is 311 g/mol. The van der Waals surface area contributed by atoms with Crippen LogP contribution in [0.3, 0.4) is 0 Å². The number of hydrogen-bond acceptors (Lipinski definition) is 4. The highest BCUT2D eigenvalue weighted by Crippen LogP contribution is 2.23. The van der Waals surface area contributed by atoms with Crippen molar-refractivity contribution in [2.45, 2.75) is 26.1 Å². The van der Waals surface area contributed by atoms with Gasteiger partial charge in [0.2, 0.25) is 0 Å². The molecule has 0 saturated carbocycles. The number of ether oxygens (including phenoxy) is 1. The number of methoxy groups -OCH3 is 1. The summed E-state index contributed by atoms with van der Waals surface area (Å²) in [6.45, 7) is 3.06. The largest absolute Gasteiger partial charge is 0.380 e. The van der Waals surface area contributed by atoms with Gasteiger partial charge in [-0.2, -0.15) is 0 Å². The average Bonchev–Trinajstić information content (AvgIpc) is 3.03. The van der Waals surface area contributed by atoms with Gasteiger partial charge in [0.1, 0.15) is 5.82 Å². The van der Waals surface area contributed by atoms with E-state index in [9.17, 15) is 4.39 Å². The van der Waals surface area contributed by atoms with E-state index in [0.717, 1.165) is 16.6 Å². The van der Waals surface area contributed by atoms with E-state index in [1.165, 1.54) is 10.8 Å². The summed E-state index contributed by atoms with van der Waals surface area (Å²) >= 11 is 1.70. The second-order valence-electron chi connectivity index (χ2n) is 5.53. The predicted molar refractivity (Wildman–Crippen MR) is 92.0 cm³/mol. The third-order valence-corrected chi connectivity index (χ3v) is 4.70. The first-order chi connectivity index (χ1) is 11.2. The van der Waals surface area contributed by atoms with E-state index < -0.39 is 0 Å². The molecule has 0 saturated heterocycles. The Labute approximate surface area is 139 Å². The Balaban J connectivity index is 1.68. The molecule has 3 nitrogen and oxygen atoms in total. The Bertz CT molecular complexity index is 803. The molecule has 0 unspecified atom stereocenters. The van der Waals surface area contributed by atoms with Gasteiger partial charge in [-0.1, -0.05) is 6.07 Å². The SMILES string of the molecule is COCc1cc(CN[C@H](C)c2cnc3ccsc3c2)ccc1F. The van der Waals surface area contributed by atoms with Gasteiger partial charge < -0.3 is 10.1 Å². The van der Waals surface area contributed by atoms with Gasteiger partial charge in [-0.15, -0.1) is 11.3 Å². The summed E-state index contributed by atoms with van der Waals surface area (Å²) < 4.78 is 19.8. The van der Waals surface area contributed by atoms with E-state index in [0.29, 0.717) is 12.1 Å². The fraction of sp³-hybridized carbons (Fsp3) is 0.278. The normalized spacial score (nSPS) is 12.7. The van der Waals surface area contributed by atoms with Gasteiger partial charge in [0, 0.05) is 31.5 Å². The Kier molecular flexibility index (Phi) is 5.00. The van der Waals surface area contributed by atoms with Crippen LogP contribution in [-0.2, 0) is 17.9 Å². The summed E-state index contributed by atoms with van der Waals surface area (Å²) in [6, 6.07) is 9.51. The summed E-state index contributed by atoms with van der Waals surface area (Å²) in [5.41, 5.74) is 3.81. The number of aromatic nitrogens is 1. The number of halogens is 1. The third-order valence-electron chi connectivity index (χ3n) is 3.85. The van der Waals surface area contributed by atoms with Crippen LogP contribution in [0.1, 0.15) is 29.7 Å². The minimum atomic E-state index is -0.226. The predicted octanol–water partition coefficient (Wildman–Crippen LogP) is 4.43. The summed E-state index contributed by atoms with van der Waals surface area (Å²) in [7, 11) is 1.57. The number of hydrogen-bond donors (Lipinski definition) is 1. The van der Waals surface area contributed by atoms with Gasteiger partial charge in [-0.3, -0.25) is 4.98 Å². The van der Waals surface area contributed by atoms with Crippen molar-refractivity contribution in [1.29, 1.82) is 0 Å². The zero-order valence-electron chi connectivity index (χ0n) is 13.2. The monoisotopic (exact) mass is 330 g/mol. The number of benzene rings is 1. The smallest absolute Gasteiger partial charge is 0.128 e. The summed E-state index contributed by atoms with van der Waals surface area (Å²) in [4.78, 5) is 4.47. The zero-order valence-corrected chi connectivity index (χ0v) is 14.0. The van der Waals surface area contributed by atoms with Crippen molar-refractivity contribution in [3.05, 3.63) is 64.4 Å². The first kappa shape index (κ1) is 16.1. The highest BCUT2D eigenvalue weighted by atomic mass is 32.1. The summed E-state index contributed by atoms with van der Waals surface area (Å²) in [5.74, 6) is -0.226. The number of nitrogens with zero attached hydrogens (tertiary/aromatic N) is 1. The Morgan fingerprint density at radius 2 is 2.17 bits per heavy atom. The Morgan fingerprint density at radius 1 is 1.30 bits per heavy atom. The molecule has 120 valence electrons. The molecule has 23 heavy (non-hydrogen) atoms. The molecule has 0 bridgehead atoms. The molecule has 2 heterocycles. The Hall–Kier alpha value is -1.82. The number of nitrogens with one attached hydrogen (secondary N) is 1. The van der Waals surface area contributed by atoms with Crippen LogP contribution in [0.5, 0.6) is 0 Å². The van der Waals surface area contributed by atoms with Crippen molar-refractivity contribution in [3.63, 3.8) is 0 Å². The lowest BCUT2D eigenvalue weighted by Gasteiger charge is -2.15. The van der Waals surface area contributed by atoms with Gasteiger partial charge in [-0.25, -0.2) is 4.39 Å². The maximum atomic E-state index is 13.6. The van der Waals surface area contributed by atoms with E-state index in [-0.39, 0.29) is 18.5 Å². The summed E-state index contributed by atoms with van der Waals surface area (Å²) in [5, 5.41) is 5.51. The molecule has 0 fully saturated rings. The molecule has 0 aliphatic carbocycles. The number of pyridine rings is 1. The zero-order chi connectivity index (χ0) is 16.2. The summed E-state index contributed by atoms with van der Waals surface area (Å²) in [6.07, 6.45) is 1.91. The fourth-order valence-corrected chi connectivity index (χ4v) is 3.28. The van der Waals surface area contributed by atoms with E-state index in [4.69, 9.17) is 4.74 Å². The molecular formula is C18H19FN2OS. The van der Waals surface area contributed by atoms with Crippen LogP contribution in [0.4, 0.5) is 4.39 Å². The first-order valence-corrected chi connectivity index (χ1v) is 8.38. The molecule has 0 amide bonds. The minimum absolute atomic E-state index is 0.171. The van der Waals surface area contributed by atoms with E-state index in [1.807, 2.05) is 18.3 Å². The topological polar surface area (TPSA) is 34.1 Å². The van der Waals surface area contributed by atoms with Crippen LogP contribution in [0.25, 0.3) is 10.2 Å². The number of rotatable bonds is 6. The lowest BCUT2D eigenvalue weighted by molar-refractivity contribution is 0.181. The molecule has 0 radical (unpaired) electrons. The molecule has 1 atom stereocenters. The van der Waals surface area contributed by atoms with Crippen molar-refractivity contribution in [2.24, 2.45) is 0 Å². The standard InChI is InChI=1S/C18H19FN2OS/c1-12(14-8-18-17(21-10-14)5-6-23-18)20-9-13-3-4-16(19)15(7-13)11-22-2/h3-8,10,12,20H,9,11H2,1-2H3/t12-/m1/s1. The van der Waals surface area contributed by atoms with Crippen LogP contribution < -0.4 is 5.32 Å². The second kappa shape index (κ2) is 7.17. The van der Waals surface area contributed by atoms with Gasteiger partial charge >= 0.3 is 0 Å². The van der Waals surface area contributed by atoms with Crippen molar-refractivity contribution in [3.8, 4) is 0 Å². The molecule has 5 heteroatoms. The van der Waals surface area contributed by atoms with Crippen molar-refractivity contribution >= 4 is 21.6 Å². The van der Waals surface area contributed by atoms with Gasteiger partial charge in [0.25, 0.3) is 0 Å². The van der Waals surface area contributed by atoms with Crippen LogP contribution in [0, 0.1) is 5.82 Å². The van der Waals surface area contributed by atoms with Crippen molar-refractivity contribution < 1.29 is 9.13 Å². The quantitative estimate of drug-likeness (QED) is 0.726. The molecule has 1 N–H and O–H groups in total. The maximum absolute atomic E-state index is 13.6. The minimum Gasteiger partial charge on any atom is -0.380 e. The van der Waals surface area contributed by atoms with E-state index in [2.05, 4.69) is 28.7 Å². The lowest BCUT2D eigenvalue weighted by Crippen LogP contribution is -2.18. The molecule has 1 aromatic carbocycles. The van der Waals surface area contributed by atoms with Crippen molar-refractivity contribution in [1.82, 2.24) is 10.3 Å². The highest BCUT2D eigenvalue weighted by Gasteiger charge is 2.09. The lowest BCUT2D eigenvalue weighted by atomic mass is 10.1. The fourth-order valence-electron chi connectivity index (χ4n) is 2.49. The number of fused-ring (bicyclic) bond motifs is 1. The highest BCUT2D eigenvalue weighted by molar-refractivity contribution is 7.17. The Morgan fingerprint density at radius 3 is 3.00 bits per heavy atom. The van der Waals surface area contributed by atoms with Crippen LogP contribution in [0.2, 0.25) is 0 Å². The maximum Gasteiger partial charge on any atom is 0.128 e. The third kappa shape index (κ3) is 3.75. The van der Waals surface area contributed by atoms with Gasteiger partial charge in [0.15, 0.2) is 0 Å². The molecule has 3 aromatic rings. The molecule has 0 spiro atoms. The van der Waals surface area contributed by atoms with Gasteiger partial charge in [0.05, 0.1) is 16.8 Å². The van der Waals surface area contributed by atoms with E-state index >= 15 is 0 Å². The van der Waals surface area contributed by atoms with Crippen LogP contribution >= 0.6 is 11.3 Å². The molecule has 3 rings (SSSR count).